The lowest BCUT2D eigenvalue weighted by atomic mass is 10.1. The molecule has 0 aromatic heterocycles. The molecule has 2 aromatic carbocycles. The summed E-state index contributed by atoms with van der Waals surface area (Å²) in [6.07, 6.45) is 0. The zero-order chi connectivity index (χ0) is 21.1. The molecule has 0 unspecified atom stereocenters. The molecule has 1 fully saturated rings. The van der Waals surface area contributed by atoms with Crippen molar-refractivity contribution in [1.82, 2.24) is 9.80 Å². The van der Waals surface area contributed by atoms with Crippen molar-refractivity contribution in [2.24, 2.45) is 0 Å². The predicted octanol–water partition coefficient (Wildman–Crippen LogP) is 2.86. The summed E-state index contributed by atoms with van der Waals surface area (Å²) in [4.78, 5) is 19.3. The highest BCUT2D eigenvalue weighted by Gasteiger charge is 2.22. The number of hydrogen-bond acceptors (Lipinski definition) is 5. The summed E-state index contributed by atoms with van der Waals surface area (Å²) in [7, 11) is 1.87. The largest absolute Gasteiger partial charge is 0.486 e. The minimum atomic E-state index is 0.144. The van der Waals surface area contributed by atoms with Crippen LogP contribution >= 0.6 is 0 Å². The lowest BCUT2D eigenvalue weighted by molar-refractivity contribution is -0.131. The summed E-state index contributed by atoms with van der Waals surface area (Å²) in [5.41, 5.74) is 5.04. The van der Waals surface area contributed by atoms with E-state index in [1.165, 1.54) is 16.8 Å². The maximum absolute atomic E-state index is 12.8. The van der Waals surface area contributed by atoms with E-state index in [-0.39, 0.29) is 5.91 Å². The van der Waals surface area contributed by atoms with Crippen LogP contribution in [0.5, 0.6) is 11.5 Å². The standard InChI is InChI=1S/C24H31N3O3/c1-18-5-4-6-21(19(18)2)27-11-9-26(10-12-27)17-24(28)25(3)16-20-7-8-22-23(15-20)30-14-13-29-22/h4-8,15H,9-14,16-17H2,1-3H3. The molecule has 1 amide bonds. The van der Waals surface area contributed by atoms with Gasteiger partial charge >= 0.3 is 0 Å². The average molecular weight is 410 g/mol. The predicted molar refractivity (Wildman–Crippen MR) is 118 cm³/mol. The number of piperazine rings is 1. The SMILES string of the molecule is Cc1cccc(N2CCN(CC(=O)N(C)Cc3ccc4c(c3)OCCO4)CC2)c1C. The molecule has 6 heteroatoms. The van der Waals surface area contributed by atoms with E-state index in [4.69, 9.17) is 9.47 Å². The van der Waals surface area contributed by atoms with Gasteiger partial charge in [0.05, 0.1) is 6.54 Å². The Morgan fingerprint density at radius 3 is 2.50 bits per heavy atom. The average Bonchev–Trinajstić information content (AvgIpc) is 2.76. The topological polar surface area (TPSA) is 45.2 Å². The number of ether oxygens (including phenoxy) is 2. The zero-order valence-electron chi connectivity index (χ0n) is 18.2. The van der Waals surface area contributed by atoms with Gasteiger partial charge in [-0.3, -0.25) is 9.69 Å². The van der Waals surface area contributed by atoms with Gasteiger partial charge in [0.1, 0.15) is 13.2 Å². The molecule has 1 saturated heterocycles. The second-order valence-corrected chi connectivity index (χ2v) is 8.21. The summed E-state index contributed by atoms with van der Waals surface area (Å²) in [6.45, 7) is 10.2. The molecule has 0 N–H and O–H groups in total. The van der Waals surface area contributed by atoms with Crippen molar-refractivity contribution >= 4 is 11.6 Å². The molecule has 6 nitrogen and oxygen atoms in total. The fourth-order valence-electron chi connectivity index (χ4n) is 4.09. The van der Waals surface area contributed by atoms with Crippen LogP contribution in [0.2, 0.25) is 0 Å². The van der Waals surface area contributed by atoms with Crippen molar-refractivity contribution in [3.63, 3.8) is 0 Å². The second-order valence-electron chi connectivity index (χ2n) is 8.21. The van der Waals surface area contributed by atoms with Crippen LogP contribution in [0, 0.1) is 13.8 Å². The van der Waals surface area contributed by atoms with Crippen molar-refractivity contribution in [1.29, 1.82) is 0 Å². The van der Waals surface area contributed by atoms with Crippen LogP contribution in [0.1, 0.15) is 16.7 Å². The lowest BCUT2D eigenvalue weighted by Gasteiger charge is -2.37. The molecule has 160 valence electrons. The quantitative estimate of drug-likeness (QED) is 0.760. The number of aryl methyl sites for hydroxylation is 1. The van der Waals surface area contributed by atoms with Gasteiger partial charge in [0.25, 0.3) is 0 Å². The summed E-state index contributed by atoms with van der Waals surface area (Å²) in [5.74, 6) is 1.69. The molecular formula is C24H31N3O3. The van der Waals surface area contributed by atoms with E-state index in [1.54, 1.807) is 4.90 Å². The fraction of sp³-hybridized carbons (Fsp3) is 0.458. The number of hydrogen-bond donors (Lipinski definition) is 0. The second kappa shape index (κ2) is 8.96. The Morgan fingerprint density at radius 1 is 1.00 bits per heavy atom. The highest BCUT2D eigenvalue weighted by atomic mass is 16.6. The van der Waals surface area contributed by atoms with E-state index in [0.717, 1.165) is 43.2 Å². The van der Waals surface area contributed by atoms with E-state index >= 15 is 0 Å². The van der Waals surface area contributed by atoms with Crippen LogP contribution in [-0.4, -0.2) is 68.7 Å². The van der Waals surface area contributed by atoms with E-state index in [0.29, 0.717) is 26.3 Å². The molecule has 0 saturated carbocycles. The van der Waals surface area contributed by atoms with Gasteiger partial charge in [-0.15, -0.1) is 0 Å². The molecule has 4 rings (SSSR count). The molecule has 0 aliphatic carbocycles. The first-order valence-corrected chi connectivity index (χ1v) is 10.7. The van der Waals surface area contributed by atoms with Crippen LogP contribution in [0.4, 0.5) is 5.69 Å². The van der Waals surface area contributed by atoms with Crippen LogP contribution < -0.4 is 14.4 Å². The lowest BCUT2D eigenvalue weighted by Crippen LogP contribution is -2.49. The molecule has 0 bridgehead atoms. The fourth-order valence-corrected chi connectivity index (χ4v) is 4.09. The summed E-state index contributed by atoms with van der Waals surface area (Å²) in [6, 6.07) is 12.4. The molecular weight excluding hydrogens is 378 g/mol. The monoisotopic (exact) mass is 409 g/mol. The van der Waals surface area contributed by atoms with Crippen molar-refractivity contribution in [2.45, 2.75) is 20.4 Å². The maximum atomic E-state index is 12.8. The zero-order valence-corrected chi connectivity index (χ0v) is 18.2. The molecule has 30 heavy (non-hydrogen) atoms. The van der Waals surface area contributed by atoms with Crippen LogP contribution in [0.25, 0.3) is 0 Å². The number of benzene rings is 2. The van der Waals surface area contributed by atoms with E-state index in [2.05, 4.69) is 41.8 Å². The molecule has 2 aliphatic heterocycles. The number of anilines is 1. The van der Waals surface area contributed by atoms with Gasteiger partial charge in [0.15, 0.2) is 11.5 Å². The van der Waals surface area contributed by atoms with Crippen LogP contribution in [-0.2, 0) is 11.3 Å². The molecule has 0 spiro atoms. The number of amides is 1. The van der Waals surface area contributed by atoms with Gasteiger partial charge in [-0.2, -0.15) is 0 Å². The Labute approximate surface area is 179 Å². The first-order chi connectivity index (χ1) is 14.5. The van der Waals surface area contributed by atoms with Gasteiger partial charge in [0.2, 0.25) is 5.91 Å². The molecule has 0 radical (unpaired) electrons. The summed E-state index contributed by atoms with van der Waals surface area (Å²) < 4.78 is 11.2. The van der Waals surface area contributed by atoms with E-state index in [9.17, 15) is 4.79 Å². The van der Waals surface area contributed by atoms with Gasteiger partial charge in [0, 0.05) is 45.5 Å². The number of rotatable bonds is 5. The number of carbonyl (C=O) groups excluding carboxylic acids is 1. The first kappa shape index (κ1) is 20.5. The van der Waals surface area contributed by atoms with E-state index in [1.807, 2.05) is 25.2 Å². The molecule has 2 aromatic rings. The van der Waals surface area contributed by atoms with Crippen molar-refractivity contribution in [3.8, 4) is 11.5 Å². The van der Waals surface area contributed by atoms with Crippen molar-refractivity contribution in [3.05, 3.63) is 53.1 Å². The number of carbonyl (C=O) groups is 1. The van der Waals surface area contributed by atoms with Crippen LogP contribution in [0.15, 0.2) is 36.4 Å². The Hall–Kier alpha value is -2.73. The molecule has 2 aliphatic rings. The van der Waals surface area contributed by atoms with Crippen molar-refractivity contribution < 1.29 is 14.3 Å². The third-order valence-electron chi connectivity index (χ3n) is 6.10. The minimum Gasteiger partial charge on any atom is -0.486 e. The third kappa shape index (κ3) is 4.54. The van der Waals surface area contributed by atoms with Gasteiger partial charge in [-0.05, 0) is 48.7 Å². The Bertz CT molecular complexity index is 907. The number of fused-ring (bicyclic) bond motifs is 1. The highest BCUT2D eigenvalue weighted by molar-refractivity contribution is 5.78. The van der Waals surface area contributed by atoms with Gasteiger partial charge in [-0.1, -0.05) is 18.2 Å². The van der Waals surface area contributed by atoms with Crippen LogP contribution in [0.3, 0.4) is 0 Å². The minimum absolute atomic E-state index is 0.144. The van der Waals surface area contributed by atoms with Gasteiger partial charge < -0.3 is 19.3 Å². The van der Waals surface area contributed by atoms with Gasteiger partial charge in [-0.25, -0.2) is 0 Å². The summed E-state index contributed by atoms with van der Waals surface area (Å²) >= 11 is 0. The Balaban J connectivity index is 1.29. The normalized spacial score (nSPS) is 16.4. The van der Waals surface area contributed by atoms with E-state index < -0.39 is 0 Å². The number of nitrogens with zero attached hydrogens (tertiary/aromatic N) is 3. The smallest absolute Gasteiger partial charge is 0.236 e. The molecule has 0 atom stereocenters. The Morgan fingerprint density at radius 2 is 1.73 bits per heavy atom. The Kier molecular flexibility index (Phi) is 6.13. The molecule has 2 heterocycles. The number of likely N-dealkylation sites (N-methyl/N-ethyl adjacent to an activating group) is 1. The maximum Gasteiger partial charge on any atom is 0.236 e. The first-order valence-electron chi connectivity index (χ1n) is 10.7. The summed E-state index contributed by atoms with van der Waals surface area (Å²) in [5, 5.41) is 0. The third-order valence-corrected chi connectivity index (χ3v) is 6.10. The highest BCUT2D eigenvalue weighted by Crippen LogP contribution is 2.31. The van der Waals surface area contributed by atoms with Crippen molar-refractivity contribution in [2.75, 3.05) is 57.9 Å².